The van der Waals surface area contributed by atoms with Crippen molar-refractivity contribution < 1.29 is 17.9 Å². The van der Waals surface area contributed by atoms with Gasteiger partial charge in [-0.2, -0.15) is 0 Å². The van der Waals surface area contributed by atoms with Gasteiger partial charge in [0.15, 0.2) is 15.0 Å². The molecule has 4 aromatic rings. The van der Waals surface area contributed by atoms with Gasteiger partial charge in [0.25, 0.3) is 5.91 Å². The summed E-state index contributed by atoms with van der Waals surface area (Å²) in [6, 6.07) is 22.9. The second-order valence-electron chi connectivity index (χ2n) is 6.73. The lowest BCUT2D eigenvalue weighted by Crippen LogP contribution is -2.12. The monoisotopic (exact) mass is 450 g/mol. The molecule has 1 heterocycles. The first-order chi connectivity index (χ1) is 14.9. The number of amides is 1. The molecule has 0 aliphatic carbocycles. The fourth-order valence-electron chi connectivity index (χ4n) is 2.82. The second-order valence-corrected chi connectivity index (χ2v) is 9.61. The minimum atomic E-state index is -3.39. The van der Waals surface area contributed by atoms with E-state index in [1.54, 1.807) is 6.07 Å². The summed E-state index contributed by atoms with van der Waals surface area (Å²) in [7, 11) is -3.39. The number of hydrogen-bond acceptors (Lipinski definition) is 6. The predicted molar refractivity (Wildman–Crippen MR) is 122 cm³/mol. The molecule has 0 aliphatic rings. The Morgan fingerprint density at radius 2 is 1.65 bits per heavy atom. The van der Waals surface area contributed by atoms with E-state index >= 15 is 0 Å². The van der Waals surface area contributed by atoms with Gasteiger partial charge in [-0.25, -0.2) is 13.4 Å². The van der Waals surface area contributed by atoms with Crippen molar-refractivity contribution in [1.29, 1.82) is 0 Å². The molecule has 1 amide bonds. The lowest BCUT2D eigenvalue weighted by molar-refractivity contribution is 0.102. The lowest BCUT2D eigenvalue weighted by atomic mass is 10.2. The summed E-state index contributed by atoms with van der Waals surface area (Å²) in [5.74, 6) is 1.05. The van der Waals surface area contributed by atoms with Crippen LogP contribution in [0, 0.1) is 0 Å². The molecule has 0 saturated heterocycles. The fraction of sp³-hybridized carbons (Fsp3) is 0.0435. The van der Waals surface area contributed by atoms with E-state index in [2.05, 4.69) is 10.3 Å². The van der Waals surface area contributed by atoms with Crippen molar-refractivity contribution in [1.82, 2.24) is 4.98 Å². The third-order valence-corrected chi connectivity index (χ3v) is 6.25. The van der Waals surface area contributed by atoms with Gasteiger partial charge >= 0.3 is 0 Å². The summed E-state index contributed by atoms with van der Waals surface area (Å²) < 4.78 is 29.2. The molecule has 0 aliphatic heterocycles. The predicted octanol–water partition coefficient (Wildman–Crippen LogP) is 5.26. The molecule has 3 aromatic carbocycles. The van der Waals surface area contributed by atoms with Crippen LogP contribution in [-0.2, 0) is 9.84 Å². The van der Waals surface area contributed by atoms with Gasteiger partial charge in [0.05, 0.1) is 10.6 Å². The van der Waals surface area contributed by atoms with Crippen molar-refractivity contribution in [2.24, 2.45) is 0 Å². The highest BCUT2D eigenvalue weighted by molar-refractivity contribution is 7.90. The minimum absolute atomic E-state index is 0.0952. The van der Waals surface area contributed by atoms with Gasteiger partial charge in [-0.05, 0) is 54.6 Å². The Kier molecular flexibility index (Phi) is 5.83. The second kappa shape index (κ2) is 8.71. The maximum atomic E-state index is 12.5. The highest BCUT2D eigenvalue weighted by atomic mass is 32.2. The van der Waals surface area contributed by atoms with Crippen LogP contribution in [0.3, 0.4) is 0 Å². The quantitative estimate of drug-likeness (QED) is 0.433. The summed E-state index contributed by atoms with van der Waals surface area (Å²) in [5.41, 5.74) is 1.86. The normalized spacial score (nSPS) is 11.1. The molecule has 156 valence electrons. The number of thiazole rings is 1. The number of hydrogen-bond donors (Lipinski definition) is 1. The van der Waals surface area contributed by atoms with E-state index in [4.69, 9.17) is 4.74 Å². The van der Waals surface area contributed by atoms with Crippen molar-refractivity contribution in [3.8, 4) is 22.8 Å². The summed E-state index contributed by atoms with van der Waals surface area (Å²) in [4.78, 5) is 17.1. The molecule has 0 atom stereocenters. The van der Waals surface area contributed by atoms with Crippen LogP contribution >= 0.6 is 11.3 Å². The lowest BCUT2D eigenvalue weighted by Gasteiger charge is -2.06. The van der Waals surface area contributed by atoms with Crippen LogP contribution in [-0.4, -0.2) is 25.6 Å². The third-order valence-electron chi connectivity index (χ3n) is 4.38. The van der Waals surface area contributed by atoms with Gasteiger partial charge in [0.2, 0.25) is 0 Å². The van der Waals surface area contributed by atoms with Crippen LogP contribution in [0.15, 0.2) is 89.1 Å². The smallest absolute Gasteiger partial charge is 0.257 e. The Morgan fingerprint density at radius 3 is 2.35 bits per heavy atom. The molecule has 8 heteroatoms. The van der Waals surface area contributed by atoms with Crippen LogP contribution < -0.4 is 10.1 Å². The maximum Gasteiger partial charge on any atom is 0.257 e. The fourth-order valence-corrected chi connectivity index (χ4v) is 4.20. The number of nitrogens with zero attached hydrogens (tertiary/aromatic N) is 1. The van der Waals surface area contributed by atoms with E-state index in [9.17, 15) is 13.2 Å². The van der Waals surface area contributed by atoms with E-state index in [0.717, 1.165) is 23.3 Å². The number of sulfone groups is 1. The molecule has 6 nitrogen and oxygen atoms in total. The summed E-state index contributed by atoms with van der Waals surface area (Å²) in [6.07, 6.45) is 1.10. The van der Waals surface area contributed by atoms with E-state index in [-0.39, 0.29) is 10.5 Å². The maximum absolute atomic E-state index is 12.5. The number of para-hydroxylation sites is 1. The van der Waals surface area contributed by atoms with E-state index in [1.807, 2.05) is 60.0 Å². The molecule has 0 saturated carbocycles. The number of carbonyl (C=O) groups is 1. The van der Waals surface area contributed by atoms with E-state index in [1.165, 1.54) is 29.5 Å². The molecule has 1 aromatic heterocycles. The first kappa shape index (κ1) is 20.8. The number of carbonyl (C=O) groups excluding carboxylic acids is 1. The van der Waals surface area contributed by atoms with Gasteiger partial charge in [-0.1, -0.05) is 24.3 Å². The molecule has 0 unspecified atom stereocenters. The number of ether oxygens (including phenoxy) is 1. The van der Waals surface area contributed by atoms with E-state index < -0.39 is 15.7 Å². The Morgan fingerprint density at radius 1 is 0.935 bits per heavy atom. The minimum Gasteiger partial charge on any atom is -0.457 e. The summed E-state index contributed by atoms with van der Waals surface area (Å²) >= 11 is 1.29. The van der Waals surface area contributed by atoms with E-state index in [0.29, 0.717) is 10.9 Å². The molecule has 1 N–H and O–H groups in total. The van der Waals surface area contributed by atoms with Crippen molar-refractivity contribution >= 4 is 32.2 Å². The highest BCUT2D eigenvalue weighted by Gasteiger charge is 2.13. The first-order valence-electron chi connectivity index (χ1n) is 9.29. The van der Waals surface area contributed by atoms with Crippen LogP contribution in [0.25, 0.3) is 11.3 Å². The average molecular weight is 451 g/mol. The van der Waals surface area contributed by atoms with Crippen molar-refractivity contribution in [3.63, 3.8) is 0 Å². The Labute approximate surface area is 184 Å². The largest absolute Gasteiger partial charge is 0.457 e. The van der Waals surface area contributed by atoms with Crippen molar-refractivity contribution in [2.45, 2.75) is 4.90 Å². The molecule has 0 fully saturated rings. The van der Waals surface area contributed by atoms with Crippen molar-refractivity contribution in [2.75, 3.05) is 11.6 Å². The number of anilines is 1. The zero-order valence-electron chi connectivity index (χ0n) is 16.5. The Bertz CT molecular complexity index is 1320. The van der Waals surface area contributed by atoms with Gasteiger partial charge in [0, 0.05) is 22.8 Å². The average Bonchev–Trinajstić information content (AvgIpc) is 3.23. The summed E-state index contributed by atoms with van der Waals surface area (Å²) in [5, 5.41) is 4.99. The molecule has 0 spiro atoms. The third kappa shape index (κ3) is 5.17. The molecular formula is C23H18N2O4S2. The zero-order valence-corrected chi connectivity index (χ0v) is 18.1. The SMILES string of the molecule is CS(=O)(=O)c1cccc(C(=O)Nc2nc(-c3ccc(Oc4ccccc4)cc3)cs2)c1. The van der Waals surface area contributed by atoms with Crippen LogP contribution in [0.4, 0.5) is 5.13 Å². The molecule has 0 bridgehead atoms. The summed E-state index contributed by atoms with van der Waals surface area (Å²) in [6.45, 7) is 0. The van der Waals surface area contributed by atoms with Gasteiger partial charge < -0.3 is 4.74 Å². The number of benzene rings is 3. The number of aromatic nitrogens is 1. The topological polar surface area (TPSA) is 85.4 Å². The highest BCUT2D eigenvalue weighted by Crippen LogP contribution is 2.28. The molecular weight excluding hydrogens is 432 g/mol. The van der Waals surface area contributed by atoms with Crippen molar-refractivity contribution in [3.05, 3.63) is 89.8 Å². The number of nitrogens with one attached hydrogen (secondary N) is 1. The number of rotatable bonds is 6. The standard InChI is InChI=1S/C23H18N2O4S2/c1-31(27,28)20-9-5-6-17(14-20)22(26)25-23-24-21(15-30-23)16-10-12-19(13-11-16)29-18-7-3-2-4-8-18/h2-15H,1H3,(H,24,25,26). The first-order valence-corrected chi connectivity index (χ1v) is 12.1. The molecule has 31 heavy (non-hydrogen) atoms. The Balaban J connectivity index is 1.45. The van der Waals surface area contributed by atoms with Crippen LogP contribution in [0.5, 0.6) is 11.5 Å². The molecule has 4 rings (SSSR count). The zero-order chi connectivity index (χ0) is 21.8. The van der Waals surface area contributed by atoms with Gasteiger partial charge in [-0.15, -0.1) is 11.3 Å². The molecule has 0 radical (unpaired) electrons. The van der Waals surface area contributed by atoms with Crippen LogP contribution in [0.2, 0.25) is 0 Å². The Hall–Kier alpha value is -3.49. The van der Waals surface area contributed by atoms with Crippen LogP contribution in [0.1, 0.15) is 10.4 Å². The van der Waals surface area contributed by atoms with Gasteiger partial charge in [-0.3, -0.25) is 10.1 Å². The van der Waals surface area contributed by atoms with Gasteiger partial charge in [0.1, 0.15) is 11.5 Å².